The molecule has 0 aromatic heterocycles. The van der Waals surface area contributed by atoms with Crippen LogP contribution in [0.25, 0.3) is 0 Å². The van der Waals surface area contributed by atoms with E-state index in [9.17, 15) is 4.79 Å². The molecule has 29 heavy (non-hydrogen) atoms. The molecular weight excluding hydrogens is 366 g/mol. The van der Waals surface area contributed by atoms with Gasteiger partial charge < -0.3 is 19.5 Å². The first-order chi connectivity index (χ1) is 14.2. The van der Waals surface area contributed by atoms with E-state index in [4.69, 9.17) is 14.2 Å². The molecule has 0 spiro atoms. The van der Waals surface area contributed by atoms with E-state index in [-0.39, 0.29) is 5.91 Å². The lowest BCUT2D eigenvalue weighted by Gasteiger charge is -2.14. The lowest BCUT2D eigenvalue weighted by Crippen LogP contribution is -2.23. The van der Waals surface area contributed by atoms with E-state index in [1.54, 1.807) is 7.11 Å². The Kier molecular flexibility index (Phi) is 8.38. The highest BCUT2D eigenvalue weighted by Crippen LogP contribution is 2.24. The van der Waals surface area contributed by atoms with Crippen molar-refractivity contribution in [2.45, 2.75) is 51.2 Å². The fourth-order valence-electron chi connectivity index (χ4n) is 3.47. The average molecular weight is 398 g/mol. The second-order valence-corrected chi connectivity index (χ2v) is 7.43. The molecular formula is C24H31NO4. The van der Waals surface area contributed by atoms with Crippen LogP contribution < -0.4 is 14.8 Å². The van der Waals surface area contributed by atoms with Crippen LogP contribution in [-0.4, -0.2) is 32.3 Å². The molecule has 1 amide bonds. The SMILES string of the molecule is COCCOc1ccc(CNC(=O)CCc2cccc(OC3CCCC3)c2)cc1. The quantitative estimate of drug-likeness (QED) is 0.575. The first-order valence-electron chi connectivity index (χ1n) is 10.5. The van der Waals surface area contributed by atoms with Crippen LogP contribution in [0, 0.1) is 0 Å². The van der Waals surface area contributed by atoms with Gasteiger partial charge in [0.05, 0.1) is 12.7 Å². The zero-order valence-corrected chi connectivity index (χ0v) is 17.2. The average Bonchev–Trinajstić information content (AvgIpc) is 3.25. The Hall–Kier alpha value is -2.53. The molecule has 1 aliphatic rings. The van der Waals surface area contributed by atoms with Gasteiger partial charge in [0.25, 0.3) is 0 Å². The van der Waals surface area contributed by atoms with E-state index < -0.39 is 0 Å². The maximum Gasteiger partial charge on any atom is 0.220 e. The summed E-state index contributed by atoms with van der Waals surface area (Å²) in [6.07, 6.45) is 6.33. The fraction of sp³-hybridized carbons (Fsp3) is 0.458. The Morgan fingerprint density at radius 2 is 1.79 bits per heavy atom. The molecule has 2 aromatic carbocycles. The third-order valence-electron chi connectivity index (χ3n) is 5.11. The van der Waals surface area contributed by atoms with E-state index in [2.05, 4.69) is 17.4 Å². The lowest BCUT2D eigenvalue weighted by atomic mass is 10.1. The van der Waals surface area contributed by atoms with Crippen LogP contribution in [0.15, 0.2) is 48.5 Å². The molecule has 0 saturated heterocycles. The number of ether oxygens (including phenoxy) is 3. The summed E-state index contributed by atoms with van der Waals surface area (Å²) in [4.78, 5) is 12.2. The second-order valence-electron chi connectivity index (χ2n) is 7.43. The molecule has 1 fully saturated rings. The van der Waals surface area contributed by atoms with Gasteiger partial charge in [-0.25, -0.2) is 0 Å². The maximum atomic E-state index is 12.2. The molecule has 0 aliphatic heterocycles. The topological polar surface area (TPSA) is 56.8 Å². The molecule has 2 aromatic rings. The molecule has 5 heteroatoms. The van der Waals surface area contributed by atoms with Gasteiger partial charge in [0.2, 0.25) is 5.91 Å². The third kappa shape index (κ3) is 7.42. The summed E-state index contributed by atoms with van der Waals surface area (Å²) >= 11 is 0. The third-order valence-corrected chi connectivity index (χ3v) is 5.11. The van der Waals surface area contributed by atoms with Crippen LogP contribution in [0.5, 0.6) is 11.5 Å². The van der Waals surface area contributed by atoms with Crippen LogP contribution in [0.1, 0.15) is 43.2 Å². The highest BCUT2D eigenvalue weighted by Gasteiger charge is 2.16. The van der Waals surface area contributed by atoms with E-state index >= 15 is 0 Å². The smallest absolute Gasteiger partial charge is 0.220 e. The number of hydrogen-bond acceptors (Lipinski definition) is 4. The molecule has 3 rings (SSSR count). The van der Waals surface area contributed by atoms with Crippen molar-refractivity contribution >= 4 is 5.91 Å². The summed E-state index contributed by atoms with van der Waals surface area (Å²) < 4.78 is 16.6. The molecule has 1 N–H and O–H groups in total. The van der Waals surface area contributed by atoms with Crippen LogP contribution in [0.2, 0.25) is 0 Å². The maximum absolute atomic E-state index is 12.2. The van der Waals surface area contributed by atoms with Crippen molar-refractivity contribution in [2.75, 3.05) is 20.3 Å². The van der Waals surface area contributed by atoms with E-state index in [1.165, 1.54) is 12.8 Å². The minimum absolute atomic E-state index is 0.0486. The summed E-state index contributed by atoms with van der Waals surface area (Å²) in [7, 11) is 1.65. The predicted molar refractivity (Wildman–Crippen MR) is 113 cm³/mol. The van der Waals surface area contributed by atoms with Gasteiger partial charge in [-0.3, -0.25) is 4.79 Å². The summed E-state index contributed by atoms with van der Waals surface area (Å²) in [6.45, 7) is 1.61. The molecule has 0 bridgehead atoms. The molecule has 0 heterocycles. The predicted octanol–water partition coefficient (Wildman–Crippen LogP) is 4.28. The molecule has 1 aliphatic carbocycles. The summed E-state index contributed by atoms with van der Waals surface area (Å²) in [5.41, 5.74) is 2.18. The Balaban J connectivity index is 1.38. The Bertz CT molecular complexity index is 754. The van der Waals surface area contributed by atoms with Gasteiger partial charge in [-0.2, -0.15) is 0 Å². The van der Waals surface area contributed by atoms with E-state index in [0.717, 1.165) is 35.5 Å². The van der Waals surface area contributed by atoms with Gasteiger partial charge in [-0.1, -0.05) is 24.3 Å². The normalized spacial score (nSPS) is 14.0. The minimum atomic E-state index is 0.0486. The van der Waals surface area contributed by atoms with Crippen molar-refractivity contribution in [3.05, 3.63) is 59.7 Å². The van der Waals surface area contributed by atoms with E-state index in [1.807, 2.05) is 36.4 Å². The van der Waals surface area contributed by atoms with Gasteiger partial charge in [0.15, 0.2) is 0 Å². The number of nitrogens with one attached hydrogen (secondary N) is 1. The van der Waals surface area contributed by atoms with Gasteiger partial charge in [-0.15, -0.1) is 0 Å². The Morgan fingerprint density at radius 3 is 2.55 bits per heavy atom. The molecule has 1 saturated carbocycles. The van der Waals surface area contributed by atoms with Crippen molar-refractivity contribution in [1.82, 2.24) is 5.32 Å². The van der Waals surface area contributed by atoms with Crippen molar-refractivity contribution < 1.29 is 19.0 Å². The van der Waals surface area contributed by atoms with Crippen LogP contribution in [0.4, 0.5) is 0 Å². The highest BCUT2D eigenvalue weighted by molar-refractivity contribution is 5.76. The molecule has 156 valence electrons. The zero-order chi connectivity index (χ0) is 20.3. The van der Waals surface area contributed by atoms with Gasteiger partial charge in [0.1, 0.15) is 18.1 Å². The Morgan fingerprint density at radius 1 is 1.00 bits per heavy atom. The molecule has 0 atom stereocenters. The van der Waals surface area contributed by atoms with Crippen molar-refractivity contribution in [3.63, 3.8) is 0 Å². The van der Waals surface area contributed by atoms with Gasteiger partial charge in [-0.05, 0) is 67.5 Å². The van der Waals surface area contributed by atoms with E-state index in [0.29, 0.717) is 38.7 Å². The van der Waals surface area contributed by atoms with Gasteiger partial charge in [0, 0.05) is 20.1 Å². The van der Waals surface area contributed by atoms with Crippen LogP contribution in [0.3, 0.4) is 0 Å². The first kappa shape index (κ1) is 21.2. The number of aryl methyl sites for hydroxylation is 1. The largest absolute Gasteiger partial charge is 0.491 e. The second kappa shape index (κ2) is 11.5. The van der Waals surface area contributed by atoms with Crippen LogP contribution >= 0.6 is 0 Å². The number of benzene rings is 2. The molecule has 0 unspecified atom stereocenters. The number of carbonyl (C=O) groups is 1. The summed E-state index contributed by atoms with van der Waals surface area (Å²) in [5.74, 6) is 1.77. The number of carbonyl (C=O) groups excluding carboxylic acids is 1. The summed E-state index contributed by atoms with van der Waals surface area (Å²) in [5, 5.41) is 2.98. The van der Waals surface area contributed by atoms with Crippen molar-refractivity contribution in [3.8, 4) is 11.5 Å². The molecule has 0 radical (unpaired) electrons. The number of rotatable bonds is 11. The minimum Gasteiger partial charge on any atom is -0.491 e. The number of hydrogen-bond donors (Lipinski definition) is 1. The lowest BCUT2D eigenvalue weighted by molar-refractivity contribution is -0.121. The monoisotopic (exact) mass is 397 g/mol. The standard InChI is InChI=1S/C24H31NO4/c1-27-15-16-28-21-12-9-20(10-13-21)18-25-24(26)14-11-19-5-4-8-23(17-19)29-22-6-2-3-7-22/h4-5,8-10,12-13,17,22H,2-3,6-7,11,14-16,18H2,1H3,(H,25,26). The zero-order valence-electron chi connectivity index (χ0n) is 17.2. The Labute approximate surface area is 173 Å². The highest BCUT2D eigenvalue weighted by atomic mass is 16.5. The number of methoxy groups -OCH3 is 1. The first-order valence-corrected chi connectivity index (χ1v) is 10.5. The van der Waals surface area contributed by atoms with Crippen molar-refractivity contribution in [2.24, 2.45) is 0 Å². The molecule has 5 nitrogen and oxygen atoms in total. The van der Waals surface area contributed by atoms with Crippen molar-refractivity contribution in [1.29, 1.82) is 0 Å². The number of amides is 1. The van der Waals surface area contributed by atoms with Gasteiger partial charge >= 0.3 is 0 Å². The fourth-order valence-corrected chi connectivity index (χ4v) is 3.47. The van der Waals surface area contributed by atoms with Crippen LogP contribution in [-0.2, 0) is 22.5 Å². The summed E-state index contributed by atoms with van der Waals surface area (Å²) in [6, 6.07) is 15.9.